The molecule has 8 heteroatoms. The molecule has 0 saturated carbocycles. The summed E-state index contributed by atoms with van der Waals surface area (Å²) in [5.74, 6) is -1.58. The number of ether oxygens (including phenoxy) is 3. The Morgan fingerprint density at radius 3 is 1.38 bits per heavy atom. The van der Waals surface area contributed by atoms with Gasteiger partial charge in [0.05, 0.1) is 34.4 Å². The summed E-state index contributed by atoms with van der Waals surface area (Å²) in [6.45, 7) is 4.44. The maximum absolute atomic E-state index is 12.7. The Kier molecular flexibility index (Phi) is 39.0. The van der Waals surface area contributed by atoms with E-state index in [9.17, 15) is 19.5 Å². The van der Waals surface area contributed by atoms with Crippen LogP contribution in [0.25, 0.3) is 0 Å². The Morgan fingerprint density at radius 1 is 0.508 bits per heavy atom. The highest BCUT2D eigenvalue weighted by molar-refractivity contribution is 5.72. The smallest absolute Gasteiger partial charge is 0.362 e. The van der Waals surface area contributed by atoms with Gasteiger partial charge in [-0.05, 0) is 57.8 Å². The summed E-state index contributed by atoms with van der Waals surface area (Å²) in [5.41, 5.74) is 0. The number of allylic oxidation sites excluding steroid dienone is 22. The van der Waals surface area contributed by atoms with Gasteiger partial charge >= 0.3 is 17.9 Å². The minimum absolute atomic E-state index is 0.0253. The van der Waals surface area contributed by atoms with Gasteiger partial charge in [0.15, 0.2) is 12.1 Å². The second-order valence-corrected chi connectivity index (χ2v) is 15.8. The number of carbonyl (C=O) groups is 3. The molecule has 0 bridgehead atoms. The Balaban J connectivity index is 4.53. The SMILES string of the molecule is CC/C=C/C=C/C=C/C=C/C=C/C=C/C=C/CCCCCC(=O)OCC(COCCC(C(=O)O)[N+](C)(C)C)OC(=O)CCCCCCC/C=C/C=C/C=C/C=C/CCCCC. The first-order valence-electron chi connectivity index (χ1n) is 22.9. The molecular formula is C53H82NO7+. The number of rotatable bonds is 38. The lowest BCUT2D eigenvalue weighted by Crippen LogP contribution is -2.50. The maximum atomic E-state index is 12.7. The van der Waals surface area contributed by atoms with Crippen LogP contribution in [0, 0.1) is 0 Å². The molecule has 0 aromatic heterocycles. The molecule has 8 nitrogen and oxygen atoms in total. The molecule has 0 aliphatic carbocycles. The molecule has 0 fully saturated rings. The van der Waals surface area contributed by atoms with Crippen molar-refractivity contribution in [1.82, 2.24) is 0 Å². The lowest BCUT2D eigenvalue weighted by Gasteiger charge is -2.31. The Morgan fingerprint density at radius 2 is 0.918 bits per heavy atom. The predicted octanol–water partition coefficient (Wildman–Crippen LogP) is 12.8. The van der Waals surface area contributed by atoms with Crippen LogP contribution in [0.15, 0.2) is 134 Å². The summed E-state index contributed by atoms with van der Waals surface area (Å²) in [7, 11) is 5.48. The molecule has 0 aromatic rings. The van der Waals surface area contributed by atoms with Gasteiger partial charge < -0.3 is 23.8 Å². The zero-order chi connectivity index (χ0) is 44.9. The summed E-state index contributed by atoms with van der Waals surface area (Å²) in [5, 5.41) is 9.63. The second kappa shape index (κ2) is 42.2. The minimum Gasteiger partial charge on any atom is -0.477 e. The molecule has 61 heavy (non-hydrogen) atoms. The zero-order valence-electron chi connectivity index (χ0n) is 38.5. The summed E-state index contributed by atoms with van der Waals surface area (Å²) in [4.78, 5) is 37.0. The Hall–Kier alpha value is -4.53. The Labute approximate surface area is 371 Å². The molecule has 0 aliphatic rings. The number of likely N-dealkylation sites (N-methyl/N-ethyl adjacent to an activating group) is 1. The monoisotopic (exact) mass is 845 g/mol. The summed E-state index contributed by atoms with van der Waals surface area (Å²) >= 11 is 0. The average Bonchev–Trinajstić information content (AvgIpc) is 3.22. The fourth-order valence-corrected chi connectivity index (χ4v) is 5.79. The van der Waals surface area contributed by atoms with Crippen molar-refractivity contribution in [2.24, 2.45) is 0 Å². The summed E-state index contributed by atoms with van der Waals surface area (Å²) in [6, 6.07) is -0.637. The highest BCUT2D eigenvalue weighted by Crippen LogP contribution is 2.12. The van der Waals surface area contributed by atoms with Gasteiger partial charge in [0.25, 0.3) is 0 Å². The molecule has 0 aromatic carbocycles. The van der Waals surface area contributed by atoms with Crippen LogP contribution in [0.3, 0.4) is 0 Å². The van der Waals surface area contributed by atoms with Crippen molar-refractivity contribution in [3.05, 3.63) is 134 Å². The van der Waals surface area contributed by atoms with Crippen molar-refractivity contribution < 1.29 is 38.2 Å². The topological polar surface area (TPSA) is 99.1 Å². The van der Waals surface area contributed by atoms with Gasteiger partial charge in [0.2, 0.25) is 0 Å². The molecule has 2 atom stereocenters. The fourth-order valence-electron chi connectivity index (χ4n) is 5.79. The minimum atomic E-state index is -0.894. The molecule has 2 unspecified atom stereocenters. The third-order valence-electron chi connectivity index (χ3n) is 9.32. The van der Waals surface area contributed by atoms with Crippen LogP contribution in [-0.2, 0) is 28.6 Å². The van der Waals surface area contributed by atoms with E-state index in [4.69, 9.17) is 14.2 Å². The molecule has 0 heterocycles. The number of carbonyl (C=O) groups excluding carboxylic acids is 2. The van der Waals surface area contributed by atoms with Crippen molar-refractivity contribution in [3.63, 3.8) is 0 Å². The van der Waals surface area contributed by atoms with Crippen molar-refractivity contribution in [1.29, 1.82) is 0 Å². The first kappa shape index (κ1) is 56.5. The van der Waals surface area contributed by atoms with E-state index in [2.05, 4.69) is 62.5 Å². The van der Waals surface area contributed by atoms with Crippen molar-refractivity contribution in [2.45, 2.75) is 142 Å². The van der Waals surface area contributed by atoms with E-state index in [0.717, 1.165) is 70.6 Å². The number of aliphatic carboxylic acids is 1. The molecule has 0 amide bonds. The number of carboxylic acid groups (broad SMARTS) is 1. The van der Waals surface area contributed by atoms with E-state index < -0.39 is 18.1 Å². The molecule has 0 aliphatic heterocycles. The molecule has 340 valence electrons. The quantitative estimate of drug-likeness (QED) is 0.0286. The van der Waals surface area contributed by atoms with Gasteiger partial charge in [-0.15, -0.1) is 0 Å². The molecule has 0 spiro atoms. The number of esters is 2. The van der Waals surface area contributed by atoms with E-state index in [1.54, 1.807) is 0 Å². The van der Waals surface area contributed by atoms with Gasteiger partial charge in [-0.2, -0.15) is 0 Å². The Bertz CT molecular complexity index is 1450. The van der Waals surface area contributed by atoms with Gasteiger partial charge in [0, 0.05) is 19.3 Å². The third kappa shape index (κ3) is 40.6. The lowest BCUT2D eigenvalue weighted by atomic mass is 10.1. The molecular weight excluding hydrogens is 763 g/mol. The standard InChI is InChI=1S/C53H81NO7/c1-6-8-10-12-14-16-18-20-22-24-26-28-29-31-33-35-37-39-41-43-51(55)60-48-49(47-59-46-45-50(53(57)58)54(3,4)5)61-52(56)44-42-40-38-36-34-32-30-27-25-23-21-19-17-15-13-11-9-7-2/h8,10,12,14-31,33,49-50H,6-7,9,11,13,32,34-48H2,1-5H3/p+1/b10-8+,14-12+,17-15+,18-16+,21-19+,22-20+,25-23+,26-24+,29-28+,30-27+,33-31+. The van der Waals surface area contributed by atoms with Crippen LogP contribution in [0.2, 0.25) is 0 Å². The van der Waals surface area contributed by atoms with Crippen LogP contribution >= 0.6 is 0 Å². The van der Waals surface area contributed by atoms with Gasteiger partial charge in [-0.25, -0.2) is 4.79 Å². The summed E-state index contributed by atoms with van der Waals surface area (Å²) in [6.07, 6.45) is 60.6. The number of unbranched alkanes of at least 4 members (excludes halogenated alkanes) is 11. The number of hydrogen-bond donors (Lipinski definition) is 1. The maximum Gasteiger partial charge on any atom is 0.362 e. The van der Waals surface area contributed by atoms with Gasteiger partial charge in [0.1, 0.15) is 6.61 Å². The van der Waals surface area contributed by atoms with Gasteiger partial charge in [-0.3, -0.25) is 9.59 Å². The van der Waals surface area contributed by atoms with Crippen LogP contribution in [0.4, 0.5) is 0 Å². The van der Waals surface area contributed by atoms with Crippen LogP contribution < -0.4 is 0 Å². The lowest BCUT2D eigenvalue weighted by molar-refractivity contribution is -0.887. The van der Waals surface area contributed by atoms with Crippen molar-refractivity contribution in [2.75, 3.05) is 41.0 Å². The number of carboxylic acids is 1. The van der Waals surface area contributed by atoms with Gasteiger partial charge in [-0.1, -0.05) is 186 Å². The van der Waals surface area contributed by atoms with E-state index in [-0.39, 0.29) is 49.1 Å². The van der Waals surface area contributed by atoms with Crippen molar-refractivity contribution >= 4 is 17.9 Å². The second-order valence-electron chi connectivity index (χ2n) is 15.8. The third-order valence-corrected chi connectivity index (χ3v) is 9.32. The van der Waals surface area contributed by atoms with E-state index in [0.29, 0.717) is 12.8 Å². The number of hydrogen-bond acceptors (Lipinski definition) is 6. The van der Waals surface area contributed by atoms with E-state index >= 15 is 0 Å². The normalized spacial score (nSPS) is 14.2. The zero-order valence-corrected chi connectivity index (χ0v) is 38.5. The van der Waals surface area contributed by atoms with Crippen LogP contribution in [0.1, 0.15) is 129 Å². The number of nitrogens with zero attached hydrogens (tertiary/aromatic N) is 1. The first-order chi connectivity index (χ1) is 29.6. The first-order valence-corrected chi connectivity index (χ1v) is 22.9. The van der Waals surface area contributed by atoms with Crippen LogP contribution in [-0.4, -0.2) is 80.6 Å². The summed E-state index contributed by atoms with van der Waals surface area (Å²) < 4.78 is 17.2. The van der Waals surface area contributed by atoms with Crippen molar-refractivity contribution in [3.8, 4) is 0 Å². The average molecular weight is 845 g/mol. The fraction of sp³-hybridized carbons (Fsp3) is 0.528. The molecule has 0 rings (SSSR count). The largest absolute Gasteiger partial charge is 0.477 e. The highest BCUT2D eigenvalue weighted by Gasteiger charge is 2.31. The predicted molar refractivity (Wildman–Crippen MR) is 256 cm³/mol. The molecule has 0 saturated heterocycles. The highest BCUT2D eigenvalue weighted by atomic mass is 16.6. The van der Waals surface area contributed by atoms with E-state index in [1.807, 2.05) is 106 Å². The molecule has 0 radical (unpaired) electrons. The van der Waals surface area contributed by atoms with E-state index in [1.165, 1.54) is 19.3 Å². The van der Waals surface area contributed by atoms with Crippen LogP contribution in [0.5, 0.6) is 0 Å². The number of quaternary nitrogens is 1. The molecule has 1 N–H and O–H groups in total.